The molecule has 1 aliphatic heterocycles. The van der Waals surface area contributed by atoms with Crippen LogP contribution in [0.4, 0.5) is 0 Å². The molecule has 174 valence electrons. The number of hydrogen-bond acceptors (Lipinski definition) is 6. The molecule has 0 aliphatic carbocycles. The zero-order valence-electron chi connectivity index (χ0n) is 19.7. The van der Waals surface area contributed by atoms with Crippen LogP contribution in [0.5, 0.6) is 11.5 Å². The van der Waals surface area contributed by atoms with Gasteiger partial charge in [0.1, 0.15) is 0 Å². The summed E-state index contributed by atoms with van der Waals surface area (Å²) in [6.45, 7) is 10.1. The first-order chi connectivity index (χ1) is 15.8. The lowest BCUT2D eigenvalue weighted by Crippen LogP contribution is -2.44. The lowest BCUT2D eigenvalue weighted by molar-refractivity contribution is -0.137. The van der Waals surface area contributed by atoms with Crippen LogP contribution in [0.2, 0.25) is 0 Å². The van der Waals surface area contributed by atoms with Crippen LogP contribution < -0.4 is 9.47 Å². The van der Waals surface area contributed by atoms with Crippen molar-refractivity contribution in [3.63, 3.8) is 0 Å². The van der Waals surface area contributed by atoms with Crippen LogP contribution in [0.3, 0.4) is 0 Å². The minimum absolute atomic E-state index is 0.0777. The second-order valence-electron chi connectivity index (χ2n) is 8.12. The Hall–Kier alpha value is -3.61. The highest BCUT2D eigenvalue weighted by atomic mass is 16.6. The highest BCUT2D eigenvalue weighted by Gasteiger charge is 2.24. The number of benzene rings is 2. The third-order valence-corrected chi connectivity index (χ3v) is 4.96. The van der Waals surface area contributed by atoms with Crippen LogP contribution in [0.15, 0.2) is 59.2 Å². The molecule has 0 unspecified atom stereocenters. The van der Waals surface area contributed by atoms with Gasteiger partial charge in [-0.25, -0.2) is 9.79 Å². The average molecular weight is 451 g/mol. The monoisotopic (exact) mass is 450 g/mol. The summed E-state index contributed by atoms with van der Waals surface area (Å²) in [6, 6.07) is 14.7. The second-order valence-corrected chi connectivity index (χ2v) is 8.12. The molecule has 0 atom stereocenters. The van der Waals surface area contributed by atoms with Crippen molar-refractivity contribution in [3.8, 4) is 11.5 Å². The zero-order valence-corrected chi connectivity index (χ0v) is 19.7. The van der Waals surface area contributed by atoms with E-state index in [-0.39, 0.29) is 36.2 Å². The number of ether oxygens (including phenoxy) is 3. The van der Waals surface area contributed by atoms with Gasteiger partial charge in [-0.1, -0.05) is 24.3 Å². The molecule has 0 spiro atoms. The smallest absolute Gasteiger partial charge is 0.363 e. The molecule has 33 heavy (non-hydrogen) atoms. The number of carbonyl (C=O) groups is 2. The number of carbonyl (C=O) groups excluding carboxylic acids is 2. The Morgan fingerprint density at radius 3 is 2.36 bits per heavy atom. The lowest BCUT2D eigenvalue weighted by atomic mass is 10.1. The van der Waals surface area contributed by atoms with Gasteiger partial charge in [-0.05, 0) is 70.5 Å². The largest absolute Gasteiger partial charge is 0.490 e. The molecule has 3 rings (SSSR count). The quantitative estimate of drug-likeness (QED) is 0.417. The van der Waals surface area contributed by atoms with Crippen LogP contribution in [-0.2, 0) is 14.3 Å². The molecular formula is C26H30N2O5. The number of amides is 1. The fourth-order valence-corrected chi connectivity index (χ4v) is 3.66. The van der Waals surface area contributed by atoms with E-state index in [1.165, 1.54) is 0 Å². The van der Waals surface area contributed by atoms with Gasteiger partial charge in [-0.2, -0.15) is 0 Å². The Labute approximate surface area is 194 Å². The van der Waals surface area contributed by atoms with E-state index in [9.17, 15) is 9.59 Å². The topological polar surface area (TPSA) is 77.4 Å². The number of aliphatic imine (C=N–C) groups is 1. The third-order valence-electron chi connectivity index (χ3n) is 4.96. The van der Waals surface area contributed by atoms with Crippen molar-refractivity contribution in [1.82, 2.24) is 4.90 Å². The van der Waals surface area contributed by atoms with E-state index in [0.717, 1.165) is 5.56 Å². The predicted octanol–water partition coefficient (Wildman–Crippen LogP) is 4.45. The number of hydrogen-bond donors (Lipinski definition) is 0. The number of rotatable bonds is 9. The standard InChI is InChI=1S/C26H30N2O5/c1-6-31-23-15-19(12-13-22(23)32-16-24(29)28(17(2)3)18(4)5)14-21-26(30)33-25(27-21)20-10-8-7-9-11-20/h7-15,17-18H,6,16H2,1-5H3/b21-14+. The van der Waals surface area contributed by atoms with Gasteiger partial charge < -0.3 is 19.1 Å². The van der Waals surface area contributed by atoms with Gasteiger partial charge in [0, 0.05) is 17.6 Å². The number of esters is 1. The molecule has 0 saturated heterocycles. The molecule has 2 aromatic carbocycles. The van der Waals surface area contributed by atoms with E-state index < -0.39 is 5.97 Å². The molecule has 1 heterocycles. The highest BCUT2D eigenvalue weighted by molar-refractivity contribution is 6.12. The molecule has 0 radical (unpaired) electrons. The van der Waals surface area contributed by atoms with Crippen molar-refractivity contribution in [3.05, 3.63) is 65.4 Å². The van der Waals surface area contributed by atoms with Gasteiger partial charge in [0.05, 0.1) is 6.61 Å². The van der Waals surface area contributed by atoms with Gasteiger partial charge in [0.2, 0.25) is 5.90 Å². The van der Waals surface area contributed by atoms with Gasteiger partial charge in [-0.3, -0.25) is 4.79 Å². The summed E-state index contributed by atoms with van der Waals surface area (Å²) in [5.41, 5.74) is 1.63. The van der Waals surface area contributed by atoms with Crippen LogP contribution in [0.1, 0.15) is 45.7 Å². The van der Waals surface area contributed by atoms with Crippen LogP contribution in [0, 0.1) is 0 Å². The van der Waals surface area contributed by atoms with Crippen molar-refractivity contribution in [2.24, 2.45) is 4.99 Å². The Morgan fingerprint density at radius 2 is 1.73 bits per heavy atom. The lowest BCUT2D eigenvalue weighted by Gasteiger charge is -2.30. The van der Waals surface area contributed by atoms with Crippen molar-refractivity contribution in [1.29, 1.82) is 0 Å². The maximum Gasteiger partial charge on any atom is 0.363 e. The molecule has 0 aromatic heterocycles. The summed E-state index contributed by atoms with van der Waals surface area (Å²) < 4.78 is 16.8. The molecule has 0 saturated carbocycles. The van der Waals surface area contributed by atoms with E-state index in [4.69, 9.17) is 14.2 Å². The van der Waals surface area contributed by atoms with Crippen molar-refractivity contribution in [2.45, 2.75) is 46.7 Å². The number of cyclic esters (lactones) is 1. The first kappa shape index (κ1) is 24.0. The molecule has 0 fully saturated rings. The molecule has 7 nitrogen and oxygen atoms in total. The molecule has 2 aromatic rings. The van der Waals surface area contributed by atoms with E-state index in [2.05, 4.69) is 4.99 Å². The Bertz CT molecular complexity index is 1050. The summed E-state index contributed by atoms with van der Waals surface area (Å²) >= 11 is 0. The van der Waals surface area contributed by atoms with E-state index >= 15 is 0 Å². The summed E-state index contributed by atoms with van der Waals surface area (Å²) in [5.74, 6) is 0.613. The van der Waals surface area contributed by atoms with Crippen molar-refractivity contribution >= 4 is 23.9 Å². The highest BCUT2D eigenvalue weighted by Crippen LogP contribution is 2.30. The molecule has 0 bridgehead atoms. The Morgan fingerprint density at radius 1 is 1.03 bits per heavy atom. The van der Waals surface area contributed by atoms with E-state index in [1.807, 2.05) is 65.0 Å². The predicted molar refractivity (Wildman–Crippen MR) is 127 cm³/mol. The van der Waals surface area contributed by atoms with Crippen LogP contribution in [0.25, 0.3) is 6.08 Å². The normalized spacial score (nSPS) is 14.5. The minimum atomic E-state index is -0.514. The minimum Gasteiger partial charge on any atom is -0.490 e. The number of nitrogens with zero attached hydrogens (tertiary/aromatic N) is 2. The van der Waals surface area contributed by atoms with E-state index in [0.29, 0.717) is 23.7 Å². The van der Waals surface area contributed by atoms with Gasteiger partial charge in [0.15, 0.2) is 23.8 Å². The summed E-state index contributed by atoms with van der Waals surface area (Å²) in [5, 5.41) is 0. The molecular weight excluding hydrogens is 420 g/mol. The van der Waals surface area contributed by atoms with Crippen LogP contribution in [-0.4, -0.2) is 48.0 Å². The molecule has 7 heteroatoms. The maximum atomic E-state index is 12.6. The first-order valence-electron chi connectivity index (χ1n) is 11.1. The zero-order chi connectivity index (χ0) is 24.0. The second kappa shape index (κ2) is 10.8. The van der Waals surface area contributed by atoms with Crippen molar-refractivity contribution < 1.29 is 23.8 Å². The SMILES string of the molecule is CCOc1cc(/C=C2/N=C(c3ccccc3)OC2=O)ccc1OCC(=O)N(C(C)C)C(C)C. The van der Waals surface area contributed by atoms with Gasteiger partial charge >= 0.3 is 5.97 Å². The van der Waals surface area contributed by atoms with E-state index in [1.54, 1.807) is 29.2 Å². The molecule has 0 N–H and O–H groups in total. The fraction of sp³-hybridized carbons (Fsp3) is 0.346. The summed E-state index contributed by atoms with van der Waals surface area (Å²) in [6.07, 6.45) is 1.63. The van der Waals surface area contributed by atoms with Crippen molar-refractivity contribution in [2.75, 3.05) is 13.2 Å². The van der Waals surface area contributed by atoms with Gasteiger partial charge in [-0.15, -0.1) is 0 Å². The fourth-order valence-electron chi connectivity index (χ4n) is 3.66. The summed E-state index contributed by atoms with van der Waals surface area (Å²) in [7, 11) is 0. The maximum absolute atomic E-state index is 12.6. The Kier molecular flexibility index (Phi) is 7.87. The Balaban J connectivity index is 1.79. The molecule has 1 aliphatic rings. The molecule has 1 amide bonds. The third kappa shape index (κ3) is 6.00. The van der Waals surface area contributed by atoms with Gasteiger partial charge in [0.25, 0.3) is 5.91 Å². The summed E-state index contributed by atoms with van der Waals surface area (Å²) in [4.78, 5) is 31.0. The van der Waals surface area contributed by atoms with Crippen LogP contribution >= 0.6 is 0 Å². The average Bonchev–Trinajstić information content (AvgIpc) is 3.13. The first-order valence-corrected chi connectivity index (χ1v) is 11.1.